The third-order valence-corrected chi connectivity index (χ3v) is 3.39. The van der Waals surface area contributed by atoms with Crippen molar-refractivity contribution in [1.29, 1.82) is 0 Å². The molecule has 0 saturated carbocycles. The second-order valence-corrected chi connectivity index (χ2v) is 5.19. The Labute approximate surface area is 124 Å². The van der Waals surface area contributed by atoms with Crippen molar-refractivity contribution >= 4 is 17.6 Å². The van der Waals surface area contributed by atoms with Gasteiger partial charge in [0.2, 0.25) is 5.91 Å². The molecule has 2 amide bonds. The first-order valence-corrected chi connectivity index (χ1v) is 6.97. The number of hydrogen-bond acceptors (Lipinski definition) is 5. The van der Waals surface area contributed by atoms with E-state index in [0.29, 0.717) is 24.7 Å². The Balaban J connectivity index is 2.02. The van der Waals surface area contributed by atoms with Crippen LogP contribution in [-0.4, -0.2) is 67.2 Å². The molecule has 116 valence electrons. The largest absolute Gasteiger partial charge is 0.355 e. The number of amides is 2. The van der Waals surface area contributed by atoms with Crippen LogP contribution in [0.25, 0.3) is 0 Å². The molecule has 0 bridgehead atoms. The number of carbonyl (C=O) groups excluding carboxylic acids is 2. The molecule has 21 heavy (non-hydrogen) atoms. The molecule has 2 N–H and O–H groups in total. The minimum atomic E-state index is -0.116. The van der Waals surface area contributed by atoms with Crippen LogP contribution >= 0.6 is 0 Å². The van der Waals surface area contributed by atoms with E-state index >= 15 is 0 Å². The Bertz CT molecular complexity index is 527. The van der Waals surface area contributed by atoms with Crippen molar-refractivity contribution in [1.82, 2.24) is 25.1 Å². The molecule has 1 aromatic rings. The summed E-state index contributed by atoms with van der Waals surface area (Å²) in [6.45, 7) is 2.08. The lowest BCUT2D eigenvalue weighted by molar-refractivity contribution is -0.121. The topological polar surface area (TPSA) is 82.5 Å². The Kier molecular flexibility index (Phi) is 4.79. The van der Waals surface area contributed by atoms with E-state index in [1.54, 1.807) is 22.8 Å². The van der Waals surface area contributed by atoms with E-state index in [4.69, 9.17) is 0 Å². The molecule has 1 aromatic heterocycles. The minimum Gasteiger partial charge on any atom is -0.355 e. The Morgan fingerprint density at radius 3 is 2.81 bits per heavy atom. The van der Waals surface area contributed by atoms with Crippen molar-refractivity contribution in [2.45, 2.75) is 13.0 Å². The van der Waals surface area contributed by atoms with Crippen LogP contribution in [0.2, 0.25) is 0 Å². The second-order valence-electron chi connectivity index (χ2n) is 5.19. The van der Waals surface area contributed by atoms with E-state index in [-0.39, 0.29) is 18.4 Å². The lowest BCUT2D eigenvalue weighted by Gasteiger charge is -2.30. The fourth-order valence-electron chi connectivity index (χ4n) is 2.32. The van der Waals surface area contributed by atoms with Gasteiger partial charge in [0.15, 0.2) is 11.5 Å². The minimum absolute atomic E-state index is 0.106. The van der Waals surface area contributed by atoms with Crippen molar-refractivity contribution in [3.63, 3.8) is 0 Å². The van der Waals surface area contributed by atoms with Crippen LogP contribution in [0, 0.1) is 0 Å². The maximum Gasteiger partial charge on any atom is 0.275 e. The highest BCUT2D eigenvalue weighted by molar-refractivity contribution is 5.99. The first kappa shape index (κ1) is 15.3. The number of nitrogens with one attached hydrogen (secondary N) is 2. The van der Waals surface area contributed by atoms with Gasteiger partial charge in [-0.25, -0.2) is 4.98 Å². The molecule has 1 aliphatic rings. The number of fused-ring (bicyclic) bond motifs is 1. The molecule has 0 saturated heterocycles. The number of hydrogen-bond donors (Lipinski definition) is 2. The van der Waals surface area contributed by atoms with E-state index < -0.39 is 0 Å². The van der Waals surface area contributed by atoms with Crippen LogP contribution in [-0.2, 0) is 11.3 Å². The smallest absolute Gasteiger partial charge is 0.275 e. The van der Waals surface area contributed by atoms with Crippen molar-refractivity contribution < 1.29 is 9.59 Å². The summed E-state index contributed by atoms with van der Waals surface area (Å²) in [6.07, 6.45) is 2.42. The first-order valence-electron chi connectivity index (χ1n) is 6.97. The summed E-state index contributed by atoms with van der Waals surface area (Å²) in [5.74, 6) is 0.402. The fraction of sp³-hybridized carbons (Fsp3) is 0.615. The summed E-state index contributed by atoms with van der Waals surface area (Å²) in [4.78, 5) is 31.9. The van der Waals surface area contributed by atoms with Gasteiger partial charge in [-0.05, 0) is 20.0 Å². The van der Waals surface area contributed by atoms with E-state index in [9.17, 15) is 9.59 Å². The van der Waals surface area contributed by atoms with Crippen LogP contribution in [0.5, 0.6) is 0 Å². The third kappa shape index (κ3) is 3.33. The highest BCUT2D eigenvalue weighted by Gasteiger charge is 2.30. The van der Waals surface area contributed by atoms with Crippen LogP contribution in [0.3, 0.4) is 0 Å². The monoisotopic (exact) mass is 294 g/mol. The number of rotatable bonds is 6. The van der Waals surface area contributed by atoms with Crippen LogP contribution in [0.15, 0.2) is 6.33 Å². The molecule has 8 nitrogen and oxygen atoms in total. The molecular formula is C13H22N6O2. The lowest BCUT2D eigenvalue weighted by atomic mass is 10.3. The number of carbonyl (C=O) groups is 2. The molecule has 0 aromatic carbocycles. The average molecular weight is 294 g/mol. The van der Waals surface area contributed by atoms with Crippen molar-refractivity contribution in [2.75, 3.05) is 45.8 Å². The summed E-state index contributed by atoms with van der Waals surface area (Å²) in [5.41, 5.74) is 0.469. The summed E-state index contributed by atoms with van der Waals surface area (Å²) in [6, 6.07) is 0. The van der Waals surface area contributed by atoms with Crippen molar-refractivity contribution in [2.24, 2.45) is 0 Å². The van der Waals surface area contributed by atoms with E-state index in [0.717, 1.165) is 13.0 Å². The van der Waals surface area contributed by atoms with Gasteiger partial charge >= 0.3 is 0 Å². The molecule has 2 heterocycles. The SMILES string of the molecule is CNCCCNC(=O)Cn1cnc2c1C(=O)N(C)CN2C. The number of nitrogens with zero attached hydrogens (tertiary/aromatic N) is 4. The first-order chi connectivity index (χ1) is 10.0. The average Bonchev–Trinajstić information content (AvgIpc) is 2.85. The zero-order valence-corrected chi connectivity index (χ0v) is 12.7. The fourth-order valence-corrected chi connectivity index (χ4v) is 2.32. The van der Waals surface area contributed by atoms with E-state index in [2.05, 4.69) is 15.6 Å². The Hall–Kier alpha value is -2.09. The van der Waals surface area contributed by atoms with E-state index in [1.165, 1.54) is 0 Å². The van der Waals surface area contributed by atoms with Gasteiger partial charge in [-0.1, -0.05) is 0 Å². The maximum absolute atomic E-state index is 12.2. The van der Waals surface area contributed by atoms with Gasteiger partial charge in [-0.3, -0.25) is 9.59 Å². The lowest BCUT2D eigenvalue weighted by Crippen LogP contribution is -2.44. The summed E-state index contributed by atoms with van der Waals surface area (Å²) >= 11 is 0. The molecule has 2 rings (SSSR count). The van der Waals surface area contributed by atoms with Crippen molar-refractivity contribution in [3.8, 4) is 0 Å². The third-order valence-electron chi connectivity index (χ3n) is 3.39. The second kappa shape index (κ2) is 6.57. The zero-order chi connectivity index (χ0) is 15.4. The molecule has 0 aliphatic carbocycles. The summed E-state index contributed by atoms with van der Waals surface area (Å²) < 4.78 is 1.61. The quantitative estimate of drug-likeness (QED) is 0.664. The molecule has 0 spiro atoms. The number of imidazole rings is 1. The molecular weight excluding hydrogens is 272 g/mol. The summed E-state index contributed by atoms with van der Waals surface area (Å²) in [5, 5.41) is 5.85. The van der Waals surface area contributed by atoms with Gasteiger partial charge in [0.05, 0.1) is 13.0 Å². The molecule has 0 radical (unpaired) electrons. The van der Waals surface area contributed by atoms with E-state index in [1.807, 2.05) is 19.0 Å². The predicted molar refractivity (Wildman–Crippen MR) is 79.1 cm³/mol. The van der Waals surface area contributed by atoms with Gasteiger partial charge in [0.25, 0.3) is 5.91 Å². The van der Waals surface area contributed by atoms with Gasteiger partial charge in [-0.2, -0.15) is 0 Å². The van der Waals surface area contributed by atoms with Crippen LogP contribution in [0.4, 0.5) is 5.82 Å². The Morgan fingerprint density at radius 2 is 2.10 bits per heavy atom. The maximum atomic E-state index is 12.2. The molecule has 0 unspecified atom stereocenters. The van der Waals surface area contributed by atoms with Crippen molar-refractivity contribution in [3.05, 3.63) is 12.0 Å². The zero-order valence-electron chi connectivity index (χ0n) is 12.7. The molecule has 1 aliphatic heterocycles. The highest BCUT2D eigenvalue weighted by Crippen LogP contribution is 2.23. The van der Waals surface area contributed by atoms with Gasteiger partial charge in [0, 0.05) is 20.6 Å². The Morgan fingerprint density at radius 1 is 1.33 bits per heavy atom. The van der Waals surface area contributed by atoms with Gasteiger partial charge < -0.3 is 25.0 Å². The number of aromatic nitrogens is 2. The standard InChI is InChI=1S/C13H22N6O2/c1-14-5-4-6-15-10(20)7-19-8-16-12-11(19)13(21)18(3)9-17(12)2/h8,14H,4-7,9H2,1-3H3,(H,15,20). The summed E-state index contributed by atoms with van der Waals surface area (Å²) in [7, 11) is 5.48. The number of anilines is 1. The van der Waals surface area contributed by atoms with Crippen LogP contribution in [0.1, 0.15) is 16.9 Å². The predicted octanol–water partition coefficient (Wildman–Crippen LogP) is -0.912. The molecule has 0 fully saturated rings. The molecule has 8 heteroatoms. The van der Waals surface area contributed by atoms with Gasteiger partial charge in [0.1, 0.15) is 6.54 Å². The van der Waals surface area contributed by atoms with Crippen LogP contribution < -0.4 is 15.5 Å². The molecule has 0 atom stereocenters. The van der Waals surface area contributed by atoms with Gasteiger partial charge in [-0.15, -0.1) is 0 Å². The highest BCUT2D eigenvalue weighted by atomic mass is 16.2. The normalized spacial score (nSPS) is 14.3.